The number of methoxy groups -OCH3 is 2. The molecule has 0 bridgehead atoms. The molecule has 0 saturated carbocycles. The van der Waals surface area contributed by atoms with Crippen LogP contribution in [0.1, 0.15) is 5.56 Å². The molecule has 0 spiro atoms. The van der Waals surface area contributed by atoms with E-state index in [2.05, 4.69) is 10.2 Å². The number of amides is 1. The number of hydrogen-bond acceptors (Lipinski definition) is 6. The first-order valence-corrected chi connectivity index (χ1v) is 9.49. The highest BCUT2D eigenvalue weighted by Crippen LogP contribution is 2.36. The molecule has 0 radical (unpaired) electrons. The zero-order valence-corrected chi connectivity index (χ0v) is 16.8. The Kier molecular flexibility index (Phi) is 6.20. The van der Waals surface area contributed by atoms with Crippen LogP contribution in [0.25, 0.3) is 17.1 Å². The number of ether oxygens (including phenoxy) is 2. The summed E-state index contributed by atoms with van der Waals surface area (Å²) in [6.07, 6.45) is -4.52. The van der Waals surface area contributed by atoms with Crippen molar-refractivity contribution in [3.05, 3.63) is 48.0 Å². The summed E-state index contributed by atoms with van der Waals surface area (Å²) in [5.74, 6) is 0.464. The standard InChI is InChI=1S/C19H17F3N4O3S/c1-28-14-7-6-11(8-15(14)29-2)17-24-25-18(30-10-16(23)27)26(17)13-5-3-4-12(9-13)19(20,21)22/h3-9H,10H2,1-2H3,(H2,23,27). The van der Waals surface area contributed by atoms with Gasteiger partial charge in [-0.3, -0.25) is 9.36 Å². The van der Waals surface area contributed by atoms with Crippen LogP contribution >= 0.6 is 11.8 Å². The summed E-state index contributed by atoms with van der Waals surface area (Å²) in [5, 5.41) is 8.39. The van der Waals surface area contributed by atoms with Crippen molar-refractivity contribution in [1.29, 1.82) is 0 Å². The van der Waals surface area contributed by atoms with Gasteiger partial charge in [-0.2, -0.15) is 13.2 Å². The lowest BCUT2D eigenvalue weighted by atomic mass is 10.1. The number of primary amides is 1. The molecule has 1 amide bonds. The lowest BCUT2D eigenvalue weighted by Gasteiger charge is -2.14. The Bertz CT molecular complexity index is 1070. The lowest BCUT2D eigenvalue weighted by Crippen LogP contribution is -2.14. The Morgan fingerprint density at radius 2 is 1.83 bits per heavy atom. The summed E-state index contributed by atoms with van der Waals surface area (Å²) in [7, 11) is 2.95. The highest BCUT2D eigenvalue weighted by molar-refractivity contribution is 7.99. The summed E-state index contributed by atoms with van der Waals surface area (Å²) in [5.41, 5.74) is 5.10. The average Bonchev–Trinajstić information content (AvgIpc) is 3.15. The smallest absolute Gasteiger partial charge is 0.416 e. The molecule has 0 aliphatic heterocycles. The van der Waals surface area contributed by atoms with Crippen LogP contribution in [0.15, 0.2) is 47.6 Å². The molecule has 0 unspecified atom stereocenters. The third-order valence-electron chi connectivity index (χ3n) is 4.05. The molecular weight excluding hydrogens is 421 g/mol. The van der Waals surface area contributed by atoms with E-state index in [1.54, 1.807) is 18.2 Å². The summed E-state index contributed by atoms with van der Waals surface area (Å²) < 4.78 is 51.6. The van der Waals surface area contributed by atoms with Crippen molar-refractivity contribution >= 4 is 17.7 Å². The van der Waals surface area contributed by atoms with E-state index in [4.69, 9.17) is 15.2 Å². The quantitative estimate of drug-likeness (QED) is 0.568. The summed E-state index contributed by atoms with van der Waals surface area (Å²) in [6.45, 7) is 0. The monoisotopic (exact) mass is 438 g/mol. The van der Waals surface area contributed by atoms with E-state index >= 15 is 0 Å². The van der Waals surface area contributed by atoms with Gasteiger partial charge in [-0.05, 0) is 36.4 Å². The van der Waals surface area contributed by atoms with Crippen molar-refractivity contribution < 1.29 is 27.4 Å². The van der Waals surface area contributed by atoms with Crippen molar-refractivity contribution in [3.63, 3.8) is 0 Å². The number of thioether (sulfide) groups is 1. The molecule has 2 N–H and O–H groups in total. The Morgan fingerprint density at radius 1 is 1.10 bits per heavy atom. The van der Waals surface area contributed by atoms with Crippen LogP contribution in [0.2, 0.25) is 0 Å². The maximum Gasteiger partial charge on any atom is 0.416 e. The molecule has 7 nitrogen and oxygen atoms in total. The second-order valence-electron chi connectivity index (χ2n) is 6.01. The maximum absolute atomic E-state index is 13.2. The van der Waals surface area contributed by atoms with Crippen LogP contribution < -0.4 is 15.2 Å². The van der Waals surface area contributed by atoms with Crippen molar-refractivity contribution in [1.82, 2.24) is 14.8 Å². The van der Waals surface area contributed by atoms with Crippen molar-refractivity contribution in [2.45, 2.75) is 11.3 Å². The number of aromatic nitrogens is 3. The minimum absolute atomic E-state index is 0.108. The number of carbonyl (C=O) groups excluding carboxylic acids is 1. The zero-order chi connectivity index (χ0) is 21.9. The Morgan fingerprint density at radius 3 is 2.47 bits per heavy atom. The van der Waals surface area contributed by atoms with E-state index in [-0.39, 0.29) is 22.4 Å². The van der Waals surface area contributed by atoms with Crippen LogP contribution in [-0.2, 0) is 11.0 Å². The molecule has 0 saturated heterocycles. The van der Waals surface area contributed by atoms with Crippen molar-refractivity contribution in [2.75, 3.05) is 20.0 Å². The molecule has 1 aromatic heterocycles. The SMILES string of the molecule is COc1ccc(-c2nnc(SCC(N)=O)n2-c2cccc(C(F)(F)F)c2)cc1OC. The van der Waals surface area contributed by atoms with Gasteiger partial charge in [-0.1, -0.05) is 17.8 Å². The fourth-order valence-electron chi connectivity index (χ4n) is 2.72. The molecule has 3 rings (SSSR count). The number of alkyl halides is 3. The molecule has 0 aliphatic rings. The predicted molar refractivity (Wildman–Crippen MR) is 105 cm³/mol. The van der Waals surface area contributed by atoms with E-state index in [1.165, 1.54) is 30.9 Å². The van der Waals surface area contributed by atoms with Crippen molar-refractivity contribution in [3.8, 4) is 28.6 Å². The fraction of sp³-hybridized carbons (Fsp3) is 0.211. The number of nitrogens with two attached hydrogens (primary N) is 1. The molecular formula is C19H17F3N4O3S. The highest BCUT2D eigenvalue weighted by atomic mass is 32.2. The van der Waals surface area contributed by atoms with Gasteiger partial charge in [-0.15, -0.1) is 10.2 Å². The van der Waals surface area contributed by atoms with Gasteiger partial charge >= 0.3 is 6.18 Å². The van der Waals surface area contributed by atoms with Gasteiger partial charge in [0.15, 0.2) is 22.5 Å². The number of halogens is 3. The van der Waals surface area contributed by atoms with E-state index in [0.29, 0.717) is 17.1 Å². The Balaban J connectivity index is 2.17. The third kappa shape index (κ3) is 4.51. The number of hydrogen-bond donors (Lipinski definition) is 1. The number of carbonyl (C=O) groups is 1. The molecule has 2 aromatic carbocycles. The number of benzene rings is 2. The third-order valence-corrected chi connectivity index (χ3v) is 5.00. The molecule has 30 heavy (non-hydrogen) atoms. The molecule has 0 fully saturated rings. The lowest BCUT2D eigenvalue weighted by molar-refractivity contribution is -0.137. The predicted octanol–water partition coefficient (Wildman–Crippen LogP) is 3.55. The van der Waals surface area contributed by atoms with Gasteiger partial charge in [0.2, 0.25) is 5.91 Å². The normalized spacial score (nSPS) is 11.4. The largest absolute Gasteiger partial charge is 0.493 e. The van der Waals surface area contributed by atoms with Gasteiger partial charge < -0.3 is 15.2 Å². The van der Waals surface area contributed by atoms with Crippen LogP contribution in [0.5, 0.6) is 11.5 Å². The van der Waals surface area contributed by atoms with E-state index in [1.807, 2.05) is 0 Å². The molecule has 3 aromatic rings. The number of rotatable bonds is 7. The maximum atomic E-state index is 13.2. The second kappa shape index (κ2) is 8.66. The molecule has 11 heteroatoms. The summed E-state index contributed by atoms with van der Waals surface area (Å²) in [4.78, 5) is 11.2. The molecule has 0 atom stereocenters. The topological polar surface area (TPSA) is 92.3 Å². The first-order valence-electron chi connectivity index (χ1n) is 8.51. The Labute approximate surface area is 174 Å². The second-order valence-corrected chi connectivity index (χ2v) is 6.96. The summed E-state index contributed by atoms with van der Waals surface area (Å²) >= 11 is 0.974. The van der Waals surface area contributed by atoms with E-state index in [9.17, 15) is 18.0 Å². The van der Waals surface area contributed by atoms with Crippen molar-refractivity contribution in [2.24, 2.45) is 5.73 Å². The van der Waals surface area contributed by atoms with Crippen LogP contribution in [0.3, 0.4) is 0 Å². The van der Waals surface area contributed by atoms with E-state index in [0.717, 1.165) is 23.9 Å². The van der Waals surface area contributed by atoms with Gasteiger partial charge in [-0.25, -0.2) is 0 Å². The first-order chi connectivity index (χ1) is 14.2. The first kappa shape index (κ1) is 21.5. The van der Waals surface area contributed by atoms with Crippen LogP contribution in [-0.4, -0.2) is 40.6 Å². The fourth-order valence-corrected chi connectivity index (χ4v) is 3.41. The van der Waals surface area contributed by atoms with Crippen LogP contribution in [0.4, 0.5) is 13.2 Å². The molecule has 0 aliphatic carbocycles. The highest BCUT2D eigenvalue weighted by Gasteiger charge is 2.31. The summed E-state index contributed by atoms with van der Waals surface area (Å²) in [6, 6.07) is 9.71. The molecule has 1 heterocycles. The Hall–Kier alpha value is -3.21. The minimum atomic E-state index is -4.52. The van der Waals surface area contributed by atoms with Crippen LogP contribution in [0, 0.1) is 0 Å². The van der Waals surface area contributed by atoms with Gasteiger partial charge in [0.25, 0.3) is 0 Å². The van der Waals surface area contributed by atoms with Gasteiger partial charge in [0.1, 0.15) is 0 Å². The molecule has 158 valence electrons. The minimum Gasteiger partial charge on any atom is -0.493 e. The van der Waals surface area contributed by atoms with E-state index < -0.39 is 17.6 Å². The average molecular weight is 438 g/mol. The van der Waals surface area contributed by atoms with Gasteiger partial charge in [0, 0.05) is 5.56 Å². The van der Waals surface area contributed by atoms with Gasteiger partial charge in [0.05, 0.1) is 31.2 Å². The zero-order valence-electron chi connectivity index (χ0n) is 15.9. The number of nitrogens with zero attached hydrogens (tertiary/aromatic N) is 3.